The summed E-state index contributed by atoms with van der Waals surface area (Å²) < 4.78 is 13.3. The SMILES string of the molecule is C[C@H](NCc1ccc(F)cc1/C(N)=N/O)C1CCCCC1. The van der Waals surface area contributed by atoms with E-state index in [1.165, 1.54) is 44.2 Å². The third-order valence-corrected chi connectivity index (χ3v) is 4.43. The Morgan fingerprint density at radius 1 is 1.43 bits per heavy atom. The van der Waals surface area contributed by atoms with E-state index < -0.39 is 0 Å². The summed E-state index contributed by atoms with van der Waals surface area (Å²) in [6.07, 6.45) is 6.50. The average molecular weight is 293 g/mol. The zero-order valence-electron chi connectivity index (χ0n) is 12.5. The average Bonchev–Trinajstić information content (AvgIpc) is 2.53. The lowest BCUT2D eigenvalue weighted by atomic mass is 9.84. The summed E-state index contributed by atoms with van der Waals surface area (Å²) in [5, 5.41) is 15.3. The van der Waals surface area contributed by atoms with E-state index in [9.17, 15) is 4.39 Å². The Hall–Kier alpha value is -1.62. The van der Waals surface area contributed by atoms with Crippen LogP contribution in [0.15, 0.2) is 23.4 Å². The topological polar surface area (TPSA) is 70.6 Å². The van der Waals surface area contributed by atoms with Crippen LogP contribution in [0.1, 0.15) is 50.2 Å². The van der Waals surface area contributed by atoms with Gasteiger partial charge in [-0.25, -0.2) is 4.39 Å². The van der Waals surface area contributed by atoms with Gasteiger partial charge in [-0.2, -0.15) is 0 Å². The third-order valence-electron chi connectivity index (χ3n) is 4.43. The number of halogens is 1. The molecule has 21 heavy (non-hydrogen) atoms. The number of nitrogens with zero attached hydrogens (tertiary/aromatic N) is 1. The Bertz CT molecular complexity index is 498. The summed E-state index contributed by atoms with van der Waals surface area (Å²) in [4.78, 5) is 0. The Morgan fingerprint density at radius 2 is 2.14 bits per heavy atom. The summed E-state index contributed by atoms with van der Waals surface area (Å²) in [6.45, 7) is 2.78. The maximum atomic E-state index is 13.3. The molecule has 1 aliphatic carbocycles. The Kier molecular flexibility index (Phi) is 5.56. The molecular weight excluding hydrogens is 269 g/mol. The monoisotopic (exact) mass is 293 g/mol. The summed E-state index contributed by atoms with van der Waals surface area (Å²) in [6, 6.07) is 4.80. The van der Waals surface area contributed by atoms with Crippen LogP contribution in [0.25, 0.3) is 0 Å². The molecule has 1 saturated carbocycles. The minimum absolute atomic E-state index is 0.0587. The van der Waals surface area contributed by atoms with Gasteiger partial charge in [-0.3, -0.25) is 0 Å². The molecule has 5 heteroatoms. The van der Waals surface area contributed by atoms with Crippen LogP contribution >= 0.6 is 0 Å². The predicted octanol–water partition coefficient (Wildman–Crippen LogP) is 2.98. The van der Waals surface area contributed by atoms with Crippen molar-refractivity contribution in [3.8, 4) is 0 Å². The molecule has 0 amide bonds. The Morgan fingerprint density at radius 3 is 2.81 bits per heavy atom. The highest BCUT2D eigenvalue weighted by atomic mass is 19.1. The van der Waals surface area contributed by atoms with Gasteiger partial charge in [0.15, 0.2) is 5.84 Å². The first-order valence-corrected chi connectivity index (χ1v) is 7.61. The highest BCUT2D eigenvalue weighted by Gasteiger charge is 2.20. The van der Waals surface area contributed by atoms with Gasteiger partial charge >= 0.3 is 0 Å². The summed E-state index contributed by atoms with van der Waals surface area (Å²) >= 11 is 0. The molecule has 0 bridgehead atoms. The van der Waals surface area contributed by atoms with Crippen molar-refractivity contribution >= 4 is 5.84 Å². The second-order valence-corrected chi connectivity index (χ2v) is 5.85. The normalized spacial score (nSPS) is 18.7. The molecular formula is C16H24FN3O. The van der Waals surface area contributed by atoms with Crippen LogP contribution in [0.4, 0.5) is 4.39 Å². The standard InChI is InChI=1S/C16H24FN3O/c1-11(12-5-3-2-4-6-12)19-10-13-7-8-14(17)9-15(13)16(18)20-21/h7-9,11-12,19,21H,2-6,10H2,1H3,(H2,18,20)/t11-/m0/s1. The smallest absolute Gasteiger partial charge is 0.170 e. The molecule has 0 spiro atoms. The lowest BCUT2D eigenvalue weighted by Crippen LogP contribution is -2.34. The van der Waals surface area contributed by atoms with E-state index in [2.05, 4.69) is 17.4 Å². The van der Waals surface area contributed by atoms with Crippen LogP contribution < -0.4 is 11.1 Å². The van der Waals surface area contributed by atoms with Gasteiger partial charge in [0.05, 0.1) is 0 Å². The molecule has 1 fully saturated rings. The Labute approximate surface area is 125 Å². The number of nitrogens with one attached hydrogen (secondary N) is 1. The lowest BCUT2D eigenvalue weighted by Gasteiger charge is -2.28. The van der Waals surface area contributed by atoms with E-state index in [1.54, 1.807) is 6.07 Å². The maximum Gasteiger partial charge on any atom is 0.170 e. The summed E-state index contributed by atoms with van der Waals surface area (Å²) in [7, 11) is 0. The zero-order chi connectivity index (χ0) is 15.2. The van der Waals surface area contributed by atoms with Crippen molar-refractivity contribution in [1.82, 2.24) is 5.32 Å². The van der Waals surface area contributed by atoms with E-state index in [-0.39, 0.29) is 11.7 Å². The van der Waals surface area contributed by atoms with E-state index in [1.807, 2.05) is 0 Å². The Balaban J connectivity index is 2.02. The third kappa shape index (κ3) is 4.17. The largest absolute Gasteiger partial charge is 0.409 e. The summed E-state index contributed by atoms with van der Waals surface area (Å²) in [5.74, 6) is 0.254. The molecule has 1 atom stereocenters. The maximum absolute atomic E-state index is 13.3. The lowest BCUT2D eigenvalue weighted by molar-refractivity contribution is 0.280. The second-order valence-electron chi connectivity index (χ2n) is 5.85. The number of nitrogens with two attached hydrogens (primary N) is 1. The fraction of sp³-hybridized carbons (Fsp3) is 0.562. The van der Waals surface area contributed by atoms with Crippen LogP contribution in [-0.4, -0.2) is 17.1 Å². The van der Waals surface area contributed by atoms with Crippen LogP contribution in [0.5, 0.6) is 0 Å². The van der Waals surface area contributed by atoms with Gasteiger partial charge in [0.1, 0.15) is 5.82 Å². The molecule has 1 aliphatic rings. The van der Waals surface area contributed by atoms with Crippen molar-refractivity contribution in [3.63, 3.8) is 0 Å². The summed E-state index contributed by atoms with van der Waals surface area (Å²) in [5.41, 5.74) is 6.91. The molecule has 4 N–H and O–H groups in total. The van der Waals surface area contributed by atoms with Gasteiger partial charge in [0, 0.05) is 18.2 Å². The van der Waals surface area contributed by atoms with Crippen molar-refractivity contribution in [2.24, 2.45) is 16.8 Å². The van der Waals surface area contributed by atoms with Gasteiger partial charge < -0.3 is 16.3 Å². The van der Waals surface area contributed by atoms with Gasteiger partial charge in [0.25, 0.3) is 0 Å². The van der Waals surface area contributed by atoms with E-state index in [4.69, 9.17) is 10.9 Å². The van der Waals surface area contributed by atoms with Crippen LogP contribution in [0, 0.1) is 11.7 Å². The molecule has 0 aromatic heterocycles. The van der Waals surface area contributed by atoms with Gasteiger partial charge in [-0.1, -0.05) is 30.5 Å². The van der Waals surface area contributed by atoms with Crippen molar-refractivity contribution in [2.75, 3.05) is 0 Å². The molecule has 0 saturated heterocycles. The van der Waals surface area contributed by atoms with Crippen molar-refractivity contribution in [1.29, 1.82) is 0 Å². The van der Waals surface area contributed by atoms with Crippen molar-refractivity contribution in [2.45, 2.75) is 51.6 Å². The number of rotatable bonds is 5. The van der Waals surface area contributed by atoms with Crippen molar-refractivity contribution < 1.29 is 9.60 Å². The molecule has 1 aromatic carbocycles. The van der Waals surface area contributed by atoms with E-state index >= 15 is 0 Å². The highest BCUT2D eigenvalue weighted by Crippen LogP contribution is 2.26. The molecule has 116 valence electrons. The molecule has 0 heterocycles. The number of benzene rings is 1. The van der Waals surface area contributed by atoms with Gasteiger partial charge in [-0.15, -0.1) is 0 Å². The minimum Gasteiger partial charge on any atom is -0.409 e. The van der Waals surface area contributed by atoms with Crippen LogP contribution in [-0.2, 0) is 6.54 Å². The van der Waals surface area contributed by atoms with Crippen molar-refractivity contribution in [3.05, 3.63) is 35.1 Å². The number of oxime groups is 1. The molecule has 2 rings (SSSR count). The minimum atomic E-state index is -0.388. The second kappa shape index (κ2) is 7.41. The fourth-order valence-corrected chi connectivity index (χ4v) is 3.07. The molecule has 4 nitrogen and oxygen atoms in total. The van der Waals surface area contributed by atoms with Crippen LogP contribution in [0.3, 0.4) is 0 Å². The van der Waals surface area contributed by atoms with E-state index in [0.717, 1.165) is 5.56 Å². The first-order valence-electron chi connectivity index (χ1n) is 7.61. The molecule has 1 aromatic rings. The number of hydrogen-bond acceptors (Lipinski definition) is 3. The van der Waals surface area contributed by atoms with Gasteiger partial charge in [0.2, 0.25) is 0 Å². The number of amidine groups is 1. The first-order chi connectivity index (χ1) is 10.1. The van der Waals surface area contributed by atoms with E-state index in [0.29, 0.717) is 24.1 Å². The predicted molar refractivity (Wildman–Crippen MR) is 81.8 cm³/mol. The highest BCUT2D eigenvalue weighted by molar-refractivity contribution is 5.98. The zero-order valence-corrected chi connectivity index (χ0v) is 12.5. The van der Waals surface area contributed by atoms with Crippen LogP contribution in [0.2, 0.25) is 0 Å². The molecule has 0 radical (unpaired) electrons. The molecule has 0 aliphatic heterocycles. The van der Waals surface area contributed by atoms with Gasteiger partial charge in [-0.05, 0) is 43.4 Å². The fourth-order valence-electron chi connectivity index (χ4n) is 3.07. The quantitative estimate of drug-likeness (QED) is 0.338. The molecule has 0 unspecified atom stereocenters. The first kappa shape index (κ1) is 15.8. The number of hydrogen-bond donors (Lipinski definition) is 3.